The number of hydrogen-bond acceptors (Lipinski definition) is 8. The zero-order valence-corrected chi connectivity index (χ0v) is 13.0. The summed E-state index contributed by atoms with van der Waals surface area (Å²) in [6.07, 6.45) is 3.57. The van der Waals surface area contributed by atoms with Crippen molar-refractivity contribution in [3.8, 4) is 11.5 Å². The third-order valence-corrected chi connectivity index (χ3v) is 2.74. The standard InChI is InChI=1S/C15H17NO8/c1-21-14-10-12(6-7-13(14)23-11-17)4-2-8-22-15(18)5-3-9-24-16(19)20/h2,4,6-7,10-11H,3,5,8-9H2,1H3/b4-2+. The monoisotopic (exact) mass is 339 g/mol. The molecule has 0 fully saturated rings. The van der Waals surface area contributed by atoms with Gasteiger partial charge in [0.1, 0.15) is 6.61 Å². The van der Waals surface area contributed by atoms with E-state index < -0.39 is 11.1 Å². The van der Waals surface area contributed by atoms with Crippen LogP contribution in [0.25, 0.3) is 6.08 Å². The maximum atomic E-state index is 11.4. The van der Waals surface area contributed by atoms with Gasteiger partial charge in [0.2, 0.25) is 0 Å². The molecule has 130 valence electrons. The highest BCUT2D eigenvalue weighted by molar-refractivity contribution is 5.69. The second-order valence-corrected chi connectivity index (χ2v) is 4.37. The van der Waals surface area contributed by atoms with Crippen molar-refractivity contribution in [2.75, 3.05) is 20.3 Å². The van der Waals surface area contributed by atoms with E-state index in [1.54, 1.807) is 30.4 Å². The lowest BCUT2D eigenvalue weighted by molar-refractivity contribution is -0.757. The minimum atomic E-state index is -0.909. The molecule has 0 saturated carbocycles. The molecule has 0 aromatic heterocycles. The van der Waals surface area contributed by atoms with E-state index in [0.29, 0.717) is 18.0 Å². The molecule has 0 spiro atoms. The molecule has 0 saturated heterocycles. The van der Waals surface area contributed by atoms with Gasteiger partial charge in [-0.3, -0.25) is 9.59 Å². The Bertz CT molecular complexity index is 599. The number of methoxy groups -OCH3 is 1. The van der Waals surface area contributed by atoms with Gasteiger partial charge < -0.3 is 19.0 Å². The second kappa shape index (κ2) is 10.6. The van der Waals surface area contributed by atoms with Crippen molar-refractivity contribution in [1.82, 2.24) is 0 Å². The van der Waals surface area contributed by atoms with Crippen LogP contribution in [0.5, 0.6) is 11.5 Å². The predicted molar refractivity (Wildman–Crippen MR) is 81.9 cm³/mol. The smallest absolute Gasteiger partial charge is 0.306 e. The summed E-state index contributed by atoms with van der Waals surface area (Å²) < 4.78 is 14.8. The zero-order valence-electron chi connectivity index (χ0n) is 13.0. The van der Waals surface area contributed by atoms with Gasteiger partial charge in [-0.05, 0) is 30.2 Å². The number of ether oxygens (including phenoxy) is 3. The maximum absolute atomic E-state index is 11.4. The molecule has 1 aromatic rings. The van der Waals surface area contributed by atoms with Crippen molar-refractivity contribution < 1.29 is 33.7 Å². The van der Waals surface area contributed by atoms with Crippen LogP contribution in [0.4, 0.5) is 0 Å². The van der Waals surface area contributed by atoms with Crippen molar-refractivity contribution in [3.05, 3.63) is 40.0 Å². The first-order chi connectivity index (χ1) is 11.6. The lowest BCUT2D eigenvalue weighted by Gasteiger charge is -2.06. The van der Waals surface area contributed by atoms with Crippen LogP contribution in [0.1, 0.15) is 18.4 Å². The van der Waals surface area contributed by atoms with Gasteiger partial charge in [-0.2, -0.15) is 0 Å². The molecule has 0 atom stereocenters. The highest BCUT2D eigenvalue weighted by Crippen LogP contribution is 2.28. The maximum Gasteiger partial charge on any atom is 0.306 e. The van der Waals surface area contributed by atoms with Crippen molar-refractivity contribution >= 4 is 18.5 Å². The molecule has 1 aromatic carbocycles. The van der Waals surface area contributed by atoms with Crippen LogP contribution in [-0.2, 0) is 19.2 Å². The van der Waals surface area contributed by atoms with Crippen molar-refractivity contribution in [2.45, 2.75) is 12.8 Å². The Morgan fingerprint density at radius 1 is 1.33 bits per heavy atom. The fraction of sp³-hybridized carbons (Fsp3) is 0.333. The third kappa shape index (κ3) is 7.25. The van der Waals surface area contributed by atoms with Crippen LogP contribution in [0, 0.1) is 10.1 Å². The van der Waals surface area contributed by atoms with Crippen LogP contribution >= 0.6 is 0 Å². The highest BCUT2D eigenvalue weighted by atomic mass is 16.9. The fourth-order valence-electron chi connectivity index (χ4n) is 1.69. The number of carbonyl (C=O) groups is 2. The van der Waals surface area contributed by atoms with Gasteiger partial charge in [0.25, 0.3) is 11.6 Å². The van der Waals surface area contributed by atoms with Gasteiger partial charge in [-0.1, -0.05) is 12.1 Å². The third-order valence-electron chi connectivity index (χ3n) is 2.74. The van der Waals surface area contributed by atoms with E-state index in [9.17, 15) is 19.7 Å². The molecule has 0 aliphatic rings. The molecule has 0 radical (unpaired) electrons. The first-order valence-corrected chi connectivity index (χ1v) is 6.94. The van der Waals surface area contributed by atoms with E-state index in [4.69, 9.17) is 14.2 Å². The first kappa shape index (κ1) is 18.9. The zero-order chi connectivity index (χ0) is 17.8. The quantitative estimate of drug-likeness (QED) is 0.197. The van der Waals surface area contributed by atoms with Gasteiger partial charge in [-0.25, -0.2) is 0 Å². The van der Waals surface area contributed by atoms with Crippen molar-refractivity contribution in [2.24, 2.45) is 0 Å². The topological polar surface area (TPSA) is 114 Å². The van der Waals surface area contributed by atoms with Crippen LogP contribution in [-0.4, -0.2) is 37.9 Å². The summed E-state index contributed by atoms with van der Waals surface area (Å²) in [6.45, 7) is 0.223. The van der Waals surface area contributed by atoms with E-state index in [1.807, 2.05) is 0 Å². The number of esters is 1. The van der Waals surface area contributed by atoms with E-state index in [2.05, 4.69) is 4.84 Å². The van der Waals surface area contributed by atoms with E-state index >= 15 is 0 Å². The van der Waals surface area contributed by atoms with Gasteiger partial charge in [0, 0.05) is 6.42 Å². The Kier molecular flexibility index (Phi) is 8.37. The van der Waals surface area contributed by atoms with Crippen molar-refractivity contribution in [3.63, 3.8) is 0 Å². The van der Waals surface area contributed by atoms with E-state index in [0.717, 1.165) is 5.56 Å². The molecule has 24 heavy (non-hydrogen) atoms. The van der Waals surface area contributed by atoms with Gasteiger partial charge >= 0.3 is 5.97 Å². The van der Waals surface area contributed by atoms with Gasteiger partial charge in [0.15, 0.2) is 11.5 Å². The number of hydrogen-bond donors (Lipinski definition) is 0. The normalized spacial score (nSPS) is 10.2. The van der Waals surface area contributed by atoms with Crippen molar-refractivity contribution in [1.29, 1.82) is 0 Å². The first-order valence-electron chi connectivity index (χ1n) is 6.94. The lowest BCUT2D eigenvalue weighted by Crippen LogP contribution is -2.08. The summed E-state index contributed by atoms with van der Waals surface area (Å²) in [5, 5.41) is 9.01. The largest absolute Gasteiger partial charge is 0.493 e. The van der Waals surface area contributed by atoms with Crippen LogP contribution in [0.3, 0.4) is 0 Å². The summed E-state index contributed by atoms with van der Waals surface area (Å²) >= 11 is 0. The molecule has 0 N–H and O–H groups in total. The van der Waals surface area contributed by atoms with Gasteiger partial charge in [0.05, 0.1) is 13.7 Å². The molecule has 9 heteroatoms. The second-order valence-electron chi connectivity index (χ2n) is 4.37. The SMILES string of the molecule is COc1cc(/C=C/COC(=O)CCCO[N+](=O)[O-])ccc1OC=O. The fourth-order valence-corrected chi connectivity index (χ4v) is 1.69. The molecule has 0 unspecified atom stereocenters. The Morgan fingerprint density at radius 3 is 2.79 bits per heavy atom. The average molecular weight is 339 g/mol. The number of benzene rings is 1. The number of carbonyl (C=O) groups excluding carboxylic acids is 2. The number of rotatable bonds is 11. The van der Waals surface area contributed by atoms with E-state index in [-0.39, 0.29) is 26.1 Å². The molecule has 1 rings (SSSR count). The Hall–Kier alpha value is -3.10. The summed E-state index contributed by atoms with van der Waals surface area (Å²) in [5.74, 6) is 0.221. The Labute approximate surface area is 137 Å². The molecule has 0 amide bonds. The molecular weight excluding hydrogens is 322 g/mol. The summed E-state index contributed by atoms with van der Waals surface area (Å²) in [4.78, 5) is 35.7. The molecule has 0 aliphatic carbocycles. The Morgan fingerprint density at radius 2 is 2.12 bits per heavy atom. The lowest BCUT2D eigenvalue weighted by atomic mass is 10.2. The van der Waals surface area contributed by atoms with Crippen LogP contribution in [0.2, 0.25) is 0 Å². The minimum Gasteiger partial charge on any atom is -0.493 e. The molecular formula is C15H17NO8. The predicted octanol–water partition coefficient (Wildman–Crippen LogP) is 1.78. The molecule has 0 heterocycles. The van der Waals surface area contributed by atoms with Crippen LogP contribution < -0.4 is 9.47 Å². The van der Waals surface area contributed by atoms with Crippen LogP contribution in [0.15, 0.2) is 24.3 Å². The molecule has 9 nitrogen and oxygen atoms in total. The average Bonchev–Trinajstić information content (AvgIpc) is 2.56. The van der Waals surface area contributed by atoms with Gasteiger partial charge in [-0.15, -0.1) is 10.1 Å². The minimum absolute atomic E-state index is 0.0350. The van der Waals surface area contributed by atoms with E-state index in [1.165, 1.54) is 7.11 Å². The number of nitrogens with zero attached hydrogens (tertiary/aromatic N) is 1. The molecule has 0 aliphatic heterocycles. The highest BCUT2D eigenvalue weighted by Gasteiger charge is 2.05. The summed E-state index contributed by atoms with van der Waals surface area (Å²) in [7, 11) is 1.45. The summed E-state index contributed by atoms with van der Waals surface area (Å²) in [5.41, 5.74) is 0.764. The Balaban J connectivity index is 2.37. The molecule has 0 bridgehead atoms. The summed E-state index contributed by atoms with van der Waals surface area (Å²) in [6, 6.07) is 4.94.